The molecule has 23 heavy (non-hydrogen) atoms. The molecule has 126 valence electrons. The maximum absolute atomic E-state index is 12.4. The molecule has 0 atom stereocenters. The Hall–Kier alpha value is -1.88. The van der Waals surface area contributed by atoms with Gasteiger partial charge >= 0.3 is 0 Å². The lowest BCUT2D eigenvalue weighted by Gasteiger charge is -2.31. The van der Waals surface area contributed by atoms with E-state index >= 15 is 0 Å². The zero-order valence-corrected chi connectivity index (χ0v) is 13.9. The van der Waals surface area contributed by atoms with Crippen molar-refractivity contribution >= 4 is 17.5 Å². The molecule has 1 aliphatic heterocycles. The quantitative estimate of drug-likeness (QED) is 0.723. The Morgan fingerprint density at radius 3 is 2.70 bits per heavy atom. The van der Waals surface area contributed by atoms with Crippen molar-refractivity contribution < 1.29 is 14.7 Å². The first-order chi connectivity index (χ1) is 11.0. The van der Waals surface area contributed by atoms with Crippen LogP contribution in [0, 0.1) is 5.41 Å². The Balaban J connectivity index is 2.05. The Kier molecular flexibility index (Phi) is 5.77. The number of hydrogen-bond donors (Lipinski definition) is 3. The molecule has 0 saturated carbocycles. The third-order valence-corrected chi connectivity index (χ3v) is 5.03. The molecule has 1 aliphatic rings. The molecule has 0 aromatic heterocycles. The van der Waals surface area contributed by atoms with Crippen molar-refractivity contribution in [2.75, 3.05) is 18.5 Å². The molecule has 1 aromatic rings. The second-order valence-electron chi connectivity index (χ2n) is 6.28. The zero-order chi connectivity index (χ0) is 16.9. The lowest BCUT2D eigenvalue weighted by molar-refractivity contribution is -0.116. The summed E-state index contributed by atoms with van der Waals surface area (Å²) >= 11 is 0. The third kappa shape index (κ3) is 4.10. The minimum Gasteiger partial charge on any atom is -0.396 e. The van der Waals surface area contributed by atoms with E-state index < -0.39 is 0 Å². The number of amides is 2. The van der Waals surface area contributed by atoms with Crippen molar-refractivity contribution in [2.45, 2.75) is 46.0 Å². The lowest BCUT2D eigenvalue weighted by Crippen LogP contribution is -2.37. The SMILES string of the molecule is CCC(CC)(CCO)CNC(=O)c1ccc2c(c1)CCC(=O)N2. The molecule has 2 rings (SSSR count). The van der Waals surface area contributed by atoms with Crippen LogP contribution in [0.1, 0.15) is 55.5 Å². The summed E-state index contributed by atoms with van der Waals surface area (Å²) in [5.74, 6) is -0.0803. The first-order valence-electron chi connectivity index (χ1n) is 8.35. The summed E-state index contributed by atoms with van der Waals surface area (Å²) in [6.07, 6.45) is 3.65. The van der Waals surface area contributed by atoms with Gasteiger partial charge in [-0.3, -0.25) is 9.59 Å². The van der Waals surface area contributed by atoms with Crippen LogP contribution in [0.2, 0.25) is 0 Å². The van der Waals surface area contributed by atoms with Crippen LogP contribution in [0.15, 0.2) is 18.2 Å². The summed E-state index contributed by atoms with van der Waals surface area (Å²) in [5.41, 5.74) is 2.37. The van der Waals surface area contributed by atoms with Crippen molar-refractivity contribution in [1.29, 1.82) is 0 Å². The zero-order valence-electron chi connectivity index (χ0n) is 13.9. The van der Waals surface area contributed by atoms with Gasteiger partial charge in [0.2, 0.25) is 5.91 Å². The second-order valence-corrected chi connectivity index (χ2v) is 6.28. The molecule has 3 N–H and O–H groups in total. The highest BCUT2D eigenvalue weighted by Crippen LogP contribution is 2.29. The van der Waals surface area contributed by atoms with E-state index in [2.05, 4.69) is 24.5 Å². The van der Waals surface area contributed by atoms with Crippen LogP contribution in [-0.4, -0.2) is 30.1 Å². The van der Waals surface area contributed by atoms with E-state index in [0.29, 0.717) is 31.4 Å². The van der Waals surface area contributed by atoms with E-state index in [9.17, 15) is 14.7 Å². The maximum atomic E-state index is 12.4. The average Bonchev–Trinajstić information content (AvgIpc) is 2.58. The van der Waals surface area contributed by atoms with E-state index in [1.807, 2.05) is 6.07 Å². The molecule has 5 heteroatoms. The van der Waals surface area contributed by atoms with Gasteiger partial charge in [0.25, 0.3) is 5.91 Å². The van der Waals surface area contributed by atoms with E-state index in [-0.39, 0.29) is 23.8 Å². The highest BCUT2D eigenvalue weighted by molar-refractivity contribution is 5.97. The Labute approximate surface area is 137 Å². The van der Waals surface area contributed by atoms with Gasteiger partial charge in [-0.1, -0.05) is 13.8 Å². The fourth-order valence-corrected chi connectivity index (χ4v) is 3.07. The summed E-state index contributed by atoms with van der Waals surface area (Å²) in [6, 6.07) is 5.39. The van der Waals surface area contributed by atoms with Crippen LogP contribution in [0.3, 0.4) is 0 Å². The Morgan fingerprint density at radius 2 is 2.04 bits per heavy atom. The standard InChI is InChI=1S/C18H26N2O3/c1-3-18(4-2,9-10-21)12-19-17(23)14-5-7-15-13(11-14)6-8-16(22)20-15/h5,7,11,21H,3-4,6,8-10,12H2,1-2H3,(H,19,23)(H,20,22). The molecule has 0 fully saturated rings. The highest BCUT2D eigenvalue weighted by Gasteiger charge is 2.26. The van der Waals surface area contributed by atoms with Gasteiger partial charge in [-0.15, -0.1) is 0 Å². The topological polar surface area (TPSA) is 78.4 Å². The number of benzene rings is 1. The molecular weight excluding hydrogens is 292 g/mol. The van der Waals surface area contributed by atoms with Crippen LogP contribution < -0.4 is 10.6 Å². The summed E-state index contributed by atoms with van der Waals surface area (Å²) < 4.78 is 0. The lowest BCUT2D eigenvalue weighted by atomic mass is 9.79. The summed E-state index contributed by atoms with van der Waals surface area (Å²) in [6.45, 7) is 4.88. The number of carbonyl (C=O) groups excluding carboxylic acids is 2. The number of aryl methyl sites for hydroxylation is 1. The molecular formula is C18H26N2O3. The van der Waals surface area contributed by atoms with Crippen LogP contribution in [0.25, 0.3) is 0 Å². The van der Waals surface area contributed by atoms with E-state index in [1.54, 1.807) is 12.1 Å². The van der Waals surface area contributed by atoms with Crippen molar-refractivity contribution in [3.63, 3.8) is 0 Å². The van der Waals surface area contributed by atoms with Gasteiger partial charge in [0, 0.05) is 30.8 Å². The van der Waals surface area contributed by atoms with Crippen molar-refractivity contribution in [1.82, 2.24) is 5.32 Å². The molecule has 1 aromatic carbocycles. The largest absolute Gasteiger partial charge is 0.396 e. The first-order valence-corrected chi connectivity index (χ1v) is 8.35. The highest BCUT2D eigenvalue weighted by atomic mass is 16.3. The van der Waals surface area contributed by atoms with E-state index in [1.165, 1.54) is 0 Å². The number of aliphatic hydroxyl groups excluding tert-OH is 1. The number of fused-ring (bicyclic) bond motifs is 1. The minimum absolute atomic E-state index is 0.0226. The molecule has 0 aliphatic carbocycles. The minimum atomic E-state index is -0.103. The molecule has 0 radical (unpaired) electrons. The second kappa shape index (κ2) is 7.59. The first kappa shape index (κ1) is 17.5. The summed E-state index contributed by atoms with van der Waals surface area (Å²) in [5, 5.41) is 15.1. The van der Waals surface area contributed by atoms with Gasteiger partial charge in [0.05, 0.1) is 0 Å². The van der Waals surface area contributed by atoms with Crippen molar-refractivity contribution in [3.8, 4) is 0 Å². The number of hydrogen-bond acceptors (Lipinski definition) is 3. The van der Waals surface area contributed by atoms with Gasteiger partial charge in [0.1, 0.15) is 0 Å². The Morgan fingerprint density at radius 1 is 1.30 bits per heavy atom. The van der Waals surface area contributed by atoms with E-state index in [4.69, 9.17) is 0 Å². The number of aliphatic hydroxyl groups is 1. The Bertz CT molecular complexity index is 580. The van der Waals surface area contributed by atoms with Gasteiger partial charge < -0.3 is 15.7 Å². The van der Waals surface area contributed by atoms with Crippen molar-refractivity contribution in [2.24, 2.45) is 5.41 Å². The maximum Gasteiger partial charge on any atom is 0.251 e. The molecule has 0 spiro atoms. The van der Waals surface area contributed by atoms with Crippen molar-refractivity contribution in [3.05, 3.63) is 29.3 Å². The van der Waals surface area contributed by atoms with Gasteiger partial charge in [0.15, 0.2) is 0 Å². The van der Waals surface area contributed by atoms with Crippen LogP contribution in [0.5, 0.6) is 0 Å². The van der Waals surface area contributed by atoms with Gasteiger partial charge in [-0.25, -0.2) is 0 Å². The normalized spacial score (nSPS) is 14.1. The molecule has 0 unspecified atom stereocenters. The average molecular weight is 318 g/mol. The molecule has 0 saturated heterocycles. The van der Waals surface area contributed by atoms with Crippen LogP contribution in [0.4, 0.5) is 5.69 Å². The van der Waals surface area contributed by atoms with E-state index in [0.717, 1.165) is 24.1 Å². The fraction of sp³-hybridized carbons (Fsp3) is 0.556. The van der Waals surface area contributed by atoms with Crippen LogP contribution in [-0.2, 0) is 11.2 Å². The van der Waals surface area contributed by atoms with Crippen LogP contribution >= 0.6 is 0 Å². The number of rotatable bonds is 7. The van der Waals surface area contributed by atoms with Gasteiger partial charge in [-0.05, 0) is 54.9 Å². The summed E-state index contributed by atoms with van der Waals surface area (Å²) in [4.78, 5) is 23.8. The number of nitrogens with one attached hydrogen (secondary N) is 2. The van der Waals surface area contributed by atoms with Gasteiger partial charge in [-0.2, -0.15) is 0 Å². The third-order valence-electron chi connectivity index (χ3n) is 5.03. The molecule has 2 amide bonds. The summed E-state index contributed by atoms with van der Waals surface area (Å²) in [7, 11) is 0. The smallest absolute Gasteiger partial charge is 0.251 e. The molecule has 5 nitrogen and oxygen atoms in total. The number of anilines is 1. The fourth-order valence-electron chi connectivity index (χ4n) is 3.07. The number of carbonyl (C=O) groups is 2. The molecule has 0 bridgehead atoms. The predicted molar refractivity (Wildman–Crippen MR) is 90.4 cm³/mol. The monoisotopic (exact) mass is 318 g/mol. The molecule has 1 heterocycles. The predicted octanol–water partition coefficient (Wildman–Crippen LogP) is 2.49.